The van der Waals surface area contributed by atoms with Crippen LogP contribution in [0.4, 0.5) is 8.78 Å². The fourth-order valence-electron chi connectivity index (χ4n) is 1.23. The third-order valence-electron chi connectivity index (χ3n) is 2.10. The second-order valence-electron chi connectivity index (χ2n) is 3.60. The minimum atomic E-state index is -0.607. The highest BCUT2D eigenvalue weighted by molar-refractivity contribution is 9.10. The lowest BCUT2D eigenvalue weighted by molar-refractivity contribution is 0.321. The number of ether oxygens (including phenoxy) is 1. The minimum absolute atomic E-state index is 0.302. The van der Waals surface area contributed by atoms with Gasteiger partial charge in [0.15, 0.2) is 23.1 Å². The fraction of sp³-hybridized carbons (Fsp3) is 0.143. The molecule has 0 aromatic heterocycles. The summed E-state index contributed by atoms with van der Waals surface area (Å²) in [7, 11) is 0. The highest BCUT2D eigenvalue weighted by atomic mass is 79.9. The molecule has 0 amide bonds. The lowest BCUT2D eigenvalue weighted by Gasteiger charge is -2.03. The Kier molecular flexibility index (Phi) is 6.95. The molecule has 0 saturated heterocycles. The van der Waals surface area contributed by atoms with Crippen molar-refractivity contribution in [3.8, 4) is 11.5 Å². The summed E-state index contributed by atoms with van der Waals surface area (Å²) >= 11 is 6.20. The van der Waals surface area contributed by atoms with Gasteiger partial charge < -0.3 is 9.84 Å². The zero-order chi connectivity index (χ0) is 15.1. The van der Waals surface area contributed by atoms with Gasteiger partial charge in [-0.2, -0.15) is 0 Å². The van der Waals surface area contributed by atoms with Gasteiger partial charge in [-0.3, -0.25) is 0 Å². The van der Waals surface area contributed by atoms with Gasteiger partial charge in [0, 0.05) is 8.95 Å². The summed E-state index contributed by atoms with van der Waals surface area (Å²) in [5.41, 5.74) is 0. The number of halogens is 4. The van der Waals surface area contributed by atoms with Crippen molar-refractivity contribution in [3.63, 3.8) is 0 Å². The first-order valence-electron chi connectivity index (χ1n) is 5.66. The van der Waals surface area contributed by atoms with Crippen LogP contribution in [-0.4, -0.2) is 11.7 Å². The van der Waals surface area contributed by atoms with E-state index in [-0.39, 0.29) is 11.6 Å². The smallest absolute Gasteiger partial charge is 0.166 e. The average molecular weight is 410 g/mol. The van der Waals surface area contributed by atoms with E-state index in [2.05, 4.69) is 31.9 Å². The SMILES string of the molecule is CCOc1ccc(Br)cc1F.Oc1ccc(Br)cc1F. The molecule has 1 N–H and O–H groups in total. The summed E-state index contributed by atoms with van der Waals surface area (Å²) in [6.07, 6.45) is 0. The molecule has 108 valence electrons. The molecule has 0 unspecified atom stereocenters. The van der Waals surface area contributed by atoms with Gasteiger partial charge in [0.25, 0.3) is 0 Å². The predicted molar refractivity (Wildman–Crippen MR) is 81.0 cm³/mol. The number of aromatic hydroxyl groups is 1. The van der Waals surface area contributed by atoms with E-state index in [9.17, 15) is 8.78 Å². The lowest BCUT2D eigenvalue weighted by atomic mass is 10.3. The van der Waals surface area contributed by atoms with Crippen molar-refractivity contribution in [3.05, 3.63) is 57.0 Å². The maximum Gasteiger partial charge on any atom is 0.166 e. The van der Waals surface area contributed by atoms with E-state index in [0.717, 1.165) is 4.47 Å². The molecule has 2 aromatic rings. The lowest BCUT2D eigenvalue weighted by Crippen LogP contribution is -1.93. The van der Waals surface area contributed by atoms with Crippen LogP contribution in [0, 0.1) is 11.6 Å². The maximum atomic E-state index is 12.9. The van der Waals surface area contributed by atoms with E-state index in [1.165, 1.54) is 18.2 Å². The Morgan fingerprint density at radius 3 is 2.00 bits per heavy atom. The van der Waals surface area contributed by atoms with Crippen molar-refractivity contribution in [1.82, 2.24) is 0 Å². The van der Waals surface area contributed by atoms with E-state index in [4.69, 9.17) is 9.84 Å². The van der Waals surface area contributed by atoms with Gasteiger partial charge in [-0.1, -0.05) is 31.9 Å². The topological polar surface area (TPSA) is 29.5 Å². The van der Waals surface area contributed by atoms with Crippen LogP contribution in [0.3, 0.4) is 0 Å². The van der Waals surface area contributed by atoms with Gasteiger partial charge in [0.1, 0.15) is 0 Å². The second kappa shape index (κ2) is 8.21. The van der Waals surface area contributed by atoms with Gasteiger partial charge in [0.2, 0.25) is 0 Å². The number of rotatable bonds is 2. The number of hydrogen-bond acceptors (Lipinski definition) is 2. The molecule has 0 atom stereocenters. The molecule has 0 aliphatic rings. The zero-order valence-corrected chi connectivity index (χ0v) is 13.7. The molecule has 0 spiro atoms. The average Bonchev–Trinajstić information content (AvgIpc) is 2.39. The van der Waals surface area contributed by atoms with E-state index in [0.29, 0.717) is 16.8 Å². The molecule has 0 saturated carbocycles. The van der Waals surface area contributed by atoms with Gasteiger partial charge >= 0.3 is 0 Å². The monoisotopic (exact) mass is 408 g/mol. The number of hydrogen-bond donors (Lipinski definition) is 1. The molecular formula is C14H12Br2F2O2. The first kappa shape index (κ1) is 16.9. The van der Waals surface area contributed by atoms with Crippen molar-refractivity contribution >= 4 is 31.9 Å². The summed E-state index contributed by atoms with van der Waals surface area (Å²) in [6.45, 7) is 2.31. The molecule has 20 heavy (non-hydrogen) atoms. The molecule has 0 radical (unpaired) electrons. The Morgan fingerprint density at radius 1 is 1.00 bits per heavy atom. The van der Waals surface area contributed by atoms with Crippen LogP contribution in [0.15, 0.2) is 45.3 Å². The van der Waals surface area contributed by atoms with E-state index < -0.39 is 5.82 Å². The fourth-order valence-corrected chi connectivity index (χ4v) is 1.90. The number of phenols is 1. The highest BCUT2D eigenvalue weighted by Crippen LogP contribution is 2.21. The summed E-state index contributed by atoms with van der Waals surface area (Å²) in [5, 5.41) is 8.65. The van der Waals surface area contributed by atoms with Crippen LogP contribution in [0.2, 0.25) is 0 Å². The van der Waals surface area contributed by atoms with Gasteiger partial charge in [0.05, 0.1) is 6.61 Å². The van der Waals surface area contributed by atoms with Crippen molar-refractivity contribution < 1.29 is 18.6 Å². The molecule has 0 aliphatic carbocycles. The van der Waals surface area contributed by atoms with E-state index >= 15 is 0 Å². The van der Waals surface area contributed by atoms with Gasteiger partial charge in [-0.25, -0.2) is 8.78 Å². The van der Waals surface area contributed by atoms with Gasteiger partial charge in [-0.05, 0) is 43.3 Å². The molecule has 0 aliphatic heterocycles. The first-order valence-corrected chi connectivity index (χ1v) is 7.24. The molecule has 0 bridgehead atoms. The third kappa shape index (κ3) is 5.46. The third-order valence-corrected chi connectivity index (χ3v) is 3.09. The largest absolute Gasteiger partial charge is 0.505 e. The van der Waals surface area contributed by atoms with Crippen LogP contribution in [0.5, 0.6) is 11.5 Å². The van der Waals surface area contributed by atoms with Crippen molar-refractivity contribution in [1.29, 1.82) is 0 Å². The Balaban J connectivity index is 0.000000204. The molecule has 0 heterocycles. The number of phenolic OH excluding ortho intramolecular Hbond substituents is 1. The summed E-state index contributed by atoms with van der Waals surface area (Å²) in [5.74, 6) is -0.959. The van der Waals surface area contributed by atoms with Gasteiger partial charge in [-0.15, -0.1) is 0 Å². The zero-order valence-electron chi connectivity index (χ0n) is 10.5. The highest BCUT2D eigenvalue weighted by Gasteiger charge is 2.01. The van der Waals surface area contributed by atoms with E-state index in [1.807, 2.05) is 6.92 Å². The summed E-state index contributed by atoms with van der Waals surface area (Å²) in [6, 6.07) is 8.79. The maximum absolute atomic E-state index is 12.9. The molecule has 2 aromatic carbocycles. The normalized spacial score (nSPS) is 9.65. The predicted octanol–water partition coefficient (Wildman–Crippen LogP) is 5.28. The first-order chi connectivity index (χ1) is 9.43. The Bertz CT molecular complexity index is 577. The minimum Gasteiger partial charge on any atom is -0.505 e. The second-order valence-corrected chi connectivity index (χ2v) is 5.43. The van der Waals surface area contributed by atoms with Crippen LogP contribution in [-0.2, 0) is 0 Å². The summed E-state index contributed by atoms with van der Waals surface area (Å²) in [4.78, 5) is 0. The Morgan fingerprint density at radius 2 is 1.55 bits per heavy atom. The Labute approximate surface area is 132 Å². The summed E-state index contributed by atoms with van der Waals surface area (Å²) < 4.78 is 31.5. The van der Waals surface area contributed by atoms with Crippen LogP contribution in [0.25, 0.3) is 0 Å². The van der Waals surface area contributed by atoms with Crippen molar-refractivity contribution in [2.24, 2.45) is 0 Å². The molecule has 0 fully saturated rings. The Hall–Kier alpha value is -1.14. The molecular weight excluding hydrogens is 398 g/mol. The van der Waals surface area contributed by atoms with Crippen molar-refractivity contribution in [2.75, 3.05) is 6.61 Å². The van der Waals surface area contributed by atoms with Crippen LogP contribution < -0.4 is 4.74 Å². The molecule has 2 rings (SSSR count). The standard InChI is InChI=1S/C8H8BrFO.C6H4BrFO/c1-2-11-8-4-3-6(9)5-7(8)10;7-4-1-2-6(9)5(8)3-4/h3-5H,2H2,1H3;1-3,9H. The van der Waals surface area contributed by atoms with Crippen molar-refractivity contribution in [2.45, 2.75) is 6.92 Å². The van der Waals surface area contributed by atoms with Crippen LogP contribution >= 0.6 is 31.9 Å². The quantitative estimate of drug-likeness (QED) is 0.730. The van der Waals surface area contributed by atoms with E-state index in [1.54, 1.807) is 18.2 Å². The van der Waals surface area contributed by atoms with Crippen LogP contribution in [0.1, 0.15) is 6.92 Å². The molecule has 6 heteroatoms. The number of benzene rings is 2. The molecule has 2 nitrogen and oxygen atoms in total.